The quantitative estimate of drug-likeness (QED) is 0.706. The van der Waals surface area contributed by atoms with E-state index in [4.69, 9.17) is 5.11 Å². The number of unbranched alkanes of at least 4 members (excludes halogenated alkanes) is 1. The first-order chi connectivity index (χ1) is 7.38. The average Bonchev–Trinajstić information content (AvgIpc) is 2.11. The van der Waals surface area contributed by atoms with E-state index in [9.17, 15) is 9.59 Å². The molecule has 2 N–H and O–H groups in total. The topological polar surface area (TPSA) is 78.8 Å². The minimum Gasteiger partial charge on any atom is -0.481 e. The molecular weight excluding hydrogens is 208 g/mol. The summed E-state index contributed by atoms with van der Waals surface area (Å²) in [5.41, 5.74) is -0.770. The zero-order valence-electron chi connectivity index (χ0n) is 9.91. The van der Waals surface area contributed by atoms with E-state index in [0.717, 1.165) is 12.8 Å². The van der Waals surface area contributed by atoms with Crippen molar-refractivity contribution in [1.29, 1.82) is 0 Å². The summed E-state index contributed by atoms with van der Waals surface area (Å²) in [4.78, 5) is 26.4. The third kappa shape index (κ3) is 2.59. The first kappa shape index (κ1) is 12.7. The highest BCUT2D eigenvalue weighted by atomic mass is 16.4. The van der Waals surface area contributed by atoms with Crippen molar-refractivity contribution in [3.63, 3.8) is 0 Å². The lowest BCUT2D eigenvalue weighted by molar-refractivity contribution is -0.149. The maximum atomic E-state index is 11.6. The number of hydrogen-bond acceptors (Lipinski definition) is 3. The van der Waals surface area contributed by atoms with Gasteiger partial charge in [0, 0.05) is 6.42 Å². The Bertz CT molecular complexity index is 334. The Morgan fingerprint density at radius 2 is 2.19 bits per heavy atom. The number of aliphatic carboxylic acids is 1. The number of carboxylic acid groups (broad SMARTS) is 1. The van der Waals surface area contributed by atoms with Gasteiger partial charge in [0.25, 0.3) is 5.91 Å². The van der Waals surface area contributed by atoms with Crippen LogP contribution in [0.3, 0.4) is 0 Å². The molecule has 0 aromatic carbocycles. The number of carboxylic acids is 1. The van der Waals surface area contributed by atoms with E-state index in [-0.39, 0.29) is 0 Å². The zero-order valence-corrected chi connectivity index (χ0v) is 9.91. The number of nitrogens with zero attached hydrogens (tertiary/aromatic N) is 1. The number of hydrogen-bond donors (Lipinski definition) is 2. The monoisotopic (exact) mass is 226 g/mol. The van der Waals surface area contributed by atoms with Gasteiger partial charge in [-0.15, -0.1) is 0 Å². The molecule has 0 aromatic heterocycles. The highest BCUT2D eigenvalue weighted by molar-refractivity contribution is 6.07. The van der Waals surface area contributed by atoms with Gasteiger partial charge in [-0.3, -0.25) is 9.59 Å². The summed E-state index contributed by atoms with van der Waals surface area (Å²) in [5.74, 6) is -2.17. The maximum Gasteiger partial charge on any atom is 0.318 e. The number of amides is 1. The summed E-state index contributed by atoms with van der Waals surface area (Å²) in [7, 11) is 0. The van der Waals surface area contributed by atoms with Crippen LogP contribution in [0.4, 0.5) is 0 Å². The average molecular weight is 226 g/mol. The fourth-order valence-electron chi connectivity index (χ4n) is 1.86. The lowest BCUT2D eigenvalue weighted by atomic mass is 9.85. The van der Waals surface area contributed by atoms with Gasteiger partial charge in [0.2, 0.25) is 0 Å². The van der Waals surface area contributed by atoms with E-state index in [2.05, 4.69) is 17.2 Å². The van der Waals surface area contributed by atoms with E-state index in [0.29, 0.717) is 12.3 Å². The number of amidine groups is 1. The van der Waals surface area contributed by atoms with Crippen LogP contribution in [0.25, 0.3) is 0 Å². The van der Waals surface area contributed by atoms with Gasteiger partial charge in [-0.25, -0.2) is 0 Å². The summed E-state index contributed by atoms with van der Waals surface area (Å²) in [5, 5.41) is 12.0. The molecule has 1 atom stereocenters. The Morgan fingerprint density at radius 3 is 2.62 bits per heavy atom. The largest absolute Gasteiger partial charge is 0.481 e. The van der Waals surface area contributed by atoms with Crippen LogP contribution in [0.2, 0.25) is 0 Å². The fraction of sp³-hybridized carbons (Fsp3) is 0.727. The van der Waals surface area contributed by atoms with Gasteiger partial charge < -0.3 is 10.4 Å². The first-order valence-electron chi connectivity index (χ1n) is 5.51. The van der Waals surface area contributed by atoms with Gasteiger partial charge in [0.05, 0.1) is 5.54 Å². The standard InChI is InChI=1S/C11H18N2O3/c1-4-5-6-7-12-9(14)8(10(15)16)11(2,3)13-7/h8H,4-6H2,1-3H3,(H,15,16)(H,12,13,14). The molecule has 5 nitrogen and oxygen atoms in total. The lowest BCUT2D eigenvalue weighted by Crippen LogP contribution is -2.57. The molecular formula is C11H18N2O3. The molecule has 1 amide bonds. The molecule has 5 heteroatoms. The van der Waals surface area contributed by atoms with Crippen LogP contribution >= 0.6 is 0 Å². The molecule has 16 heavy (non-hydrogen) atoms. The van der Waals surface area contributed by atoms with Crippen LogP contribution in [0.15, 0.2) is 4.99 Å². The predicted molar refractivity (Wildman–Crippen MR) is 60.3 cm³/mol. The van der Waals surface area contributed by atoms with E-state index >= 15 is 0 Å². The predicted octanol–water partition coefficient (Wildman–Crippen LogP) is 1.18. The maximum absolute atomic E-state index is 11.6. The second kappa shape index (κ2) is 4.63. The van der Waals surface area contributed by atoms with E-state index in [1.807, 2.05) is 0 Å². The Morgan fingerprint density at radius 1 is 1.56 bits per heavy atom. The Balaban J connectivity index is 2.88. The zero-order chi connectivity index (χ0) is 12.3. The minimum atomic E-state index is -1.12. The van der Waals surface area contributed by atoms with Crippen LogP contribution < -0.4 is 5.32 Å². The van der Waals surface area contributed by atoms with Crippen LogP contribution in [0.5, 0.6) is 0 Å². The van der Waals surface area contributed by atoms with Crippen molar-refractivity contribution < 1.29 is 14.7 Å². The van der Waals surface area contributed by atoms with Gasteiger partial charge in [-0.1, -0.05) is 13.3 Å². The van der Waals surface area contributed by atoms with Crippen molar-refractivity contribution in [3.05, 3.63) is 0 Å². The van der Waals surface area contributed by atoms with Crippen molar-refractivity contribution in [1.82, 2.24) is 5.32 Å². The number of carbonyl (C=O) groups is 2. The molecule has 0 bridgehead atoms. The second-order valence-corrected chi connectivity index (χ2v) is 4.62. The molecule has 0 aliphatic carbocycles. The third-order valence-electron chi connectivity index (χ3n) is 2.69. The van der Waals surface area contributed by atoms with Gasteiger partial charge in [-0.2, -0.15) is 4.99 Å². The molecule has 0 saturated heterocycles. The number of rotatable bonds is 4. The Kier molecular flexibility index (Phi) is 3.67. The molecule has 0 aromatic rings. The molecule has 0 spiro atoms. The lowest BCUT2D eigenvalue weighted by Gasteiger charge is -2.35. The first-order valence-corrected chi connectivity index (χ1v) is 5.51. The molecule has 1 rings (SSSR count). The van der Waals surface area contributed by atoms with Gasteiger partial charge in [-0.05, 0) is 20.3 Å². The molecule has 0 saturated carbocycles. The van der Waals surface area contributed by atoms with Gasteiger partial charge >= 0.3 is 5.97 Å². The summed E-state index contributed by atoms with van der Waals surface area (Å²) in [6.07, 6.45) is 2.64. The minimum absolute atomic E-state index is 0.553. The number of carbonyl (C=O) groups excluding carboxylic acids is 1. The summed E-state index contributed by atoms with van der Waals surface area (Å²) >= 11 is 0. The van der Waals surface area contributed by atoms with Crippen LogP contribution in [-0.2, 0) is 9.59 Å². The van der Waals surface area contributed by atoms with Crippen molar-refractivity contribution in [3.8, 4) is 0 Å². The third-order valence-corrected chi connectivity index (χ3v) is 2.69. The van der Waals surface area contributed by atoms with E-state index < -0.39 is 23.3 Å². The van der Waals surface area contributed by atoms with Crippen LogP contribution in [0.1, 0.15) is 40.0 Å². The SMILES string of the molecule is CCCCC1=NC(=O)C(C(=O)O)C(C)(C)N1. The molecule has 1 aliphatic rings. The highest BCUT2D eigenvalue weighted by Crippen LogP contribution is 2.23. The molecule has 90 valence electrons. The molecule has 1 heterocycles. The van der Waals surface area contributed by atoms with Crippen molar-refractivity contribution in [2.45, 2.75) is 45.6 Å². The Labute approximate surface area is 94.9 Å². The van der Waals surface area contributed by atoms with E-state index in [1.165, 1.54) is 0 Å². The molecule has 1 aliphatic heterocycles. The smallest absolute Gasteiger partial charge is 0.318 e. The summed E-state index contributed by atoms with van der Waals surface area (Å²) in [6, 6.07) is 0. The van der Waals surface area contributed by atoms with Crippen molar-refractivity contribution in [2.75, 3.05) is 0 Å². The summed E-state index contributed by atoms with van der Waals surface area (Å²) < 4.78 is 0. The molecule has 0 radical (unpaired) electrons. The van der Waals surface area contributed by atoms with Gasteiger partial charge in [0.1, 0.15) is 5.84 Å². The number of aliphatic imine (C=N–C) groups is 1. The van der Waals surface area contributed by atoms with Crippen LogP contribution in [0, 0.1) is 5.92 Å². The molecule has 0 fully saturated rings. The van der Waals surface area contributed by atoms with Crippen molar-refractivity contribution in [2.24, 2.45) is 10.9 Å². The van der Waals surface area contributed by atoms with Gasteiger partial charge in [0.15, 0.2) is 5.92 Å². The highest BCUT2D eigenvalue weighted by Gasteiger charge is 2.44. The fourth-order valence-corrected chi connectivity index (χ4v) is 1.86. The Hall–Kier alpha value is -1.39. The second-order valence-electron chi connectivity index (χ2n) is 4.62. The van der Waals surface area contributed by atoms with Crippen LogP contribution in [-0.4, -0.2) is 28.4 Å². The summed E-state index contributed by atoms with van der Waals surface area (Å²) in [6.45, 7) is 5.48. The number of nitrogens with one attached hydrogen (secondary N) is 1. The normalized spacial score (nSPS) is 23.6. The van der Waals surface area contributed by atoms with Crippen molar-refractivity contribution >= 4 is 17.7 Å². The molecule has 1 unspecified atom stereocenters. The van der Waals surface area contributed by atoms with E-state index in [1.54, 1.807) is 13.8 Å².